The highest BCUT2D eigenvalue weighted by atomic mass is 19.1. The number of pyridine rings is 1. The summed E-state index contributed by atoms with van der Waals surface area (Å²) < 4.78 is 21.6. The minimum Gasteiger partial charge on any atom is -0.371 e. The van der Waals surface area contributed by atoms with Gasteiger partial charge >= 0.3 is 0 Å². The van der Waals surface area contributed by atoms with Crippen molar-refractivity contribution in [3.05, 3.63) is 59.4 Å². The molecule has 0 saturated heterocycles. The largest absolute Gasteiger partial charge is 0.371 e. The molecule has 5 nitrogen and oxygen atoms in total. The van der Waals surface area contributed by atoms with Gasteiger partial charge in [0.05, 0.1) is 29.9 Å². The second-order valence-electron chi connectivity index (χ2n) is 6.16. The van der Waals surface area contributed by atoms with Gasteiger partial charge in [0.15, 0.2) is 0 Å². The summed E-state index contributed by atoms with van der Waals surface area (Å²) in [6, 6.07) is 8.15. The number of rotatable bonds is 4. The van der Waals surface area contributed by atoms with E-state index in [9.17, 15) is 4.39 Å². The van der Waals surface area contributed by atoms with E-state index in [1.165, 1.54) is 11.8 Å². The minimum absolute atomic E-state index is 0.145. The fourth-order valence-corrected chi connectivity index (χ4v) is 3.20. The lowest BCUT2D eigenvalue weighted by molar-refractivity contribution is 0.0564. The Labute approximate surface area is 139 Å². The molecule has 0 spiro atoms. The van der Waals surface area contributed by atoms with Crippen molar-refractivity contribution in [2.24, 2.45) is 0 Å². The second-order valence-corrected chi connectivity index (χ2v) is 6.16. The van der Waals surface area contributed by atoms with Crippen LogP contribution >= 0.6 is 0 Å². The number of halogens is 1. The third kappa shape index (κ3) is 2.79. The van der Waals surface area contributed by atoms with Crippen molar-refractivity contribution in [1.29, 1.82) is 0 Å². The number of hydrogen-bond donors (Lipinski definition) is 1. The molecule has 1 aliphatic rings. The highest BCUT2D eigenvalue weighted by molar-refractivity contribution is 5.77. The van der Waals surface area contributed by atoms with Crippen LogP contribution in [-0.2, 0) is 17.9 Å². The molecule has 0 saturated carbocycles. The maximum Gasteiger partial charge on any atom is 0.145 e. The molecule has 3 aromatic rings. The molecular formula is C18H19FN4O. The molecule has 0 radical (unpaired) electrons. The smallest absolute Gasteiger partial charge is 0.145 e. The molecule has 0 fully saturated rings. The van der Waals surface area contributed by atoms with Crippen molar-refractivity contribution >= 4 is 11.0 Å². The van der Waals surface area contributed by atoms with Gasteiger partial charge in [-0.1, -0.05) is 6.07 Å². The lowest BCUT2D eigenvalue weighted by Crippen LogP contribution is -2.32. The summed E-state index contributed by atoms with van der Waals surface area (Å²) in [5.41, 5.74) is 3.94. The first-order valence-corrected chi connectivity index (χ1v) is 8.06. The van der Waals surface area contributed by atoms with Crippen LogP contribution in [-0.4, -0.2) is 27.7 Å². The zero-order valence-electron chi connectivity index (χ0n) is 13.5. The fourth-order valence-electron chi connectivity index (χ4n) is 3.20. The molecular weight excluding hydrogens is 307 g/mol. The Bertz CT molecular complexity index is 877. The summed E-state index contributed by atoms with van der Waals surface area (Å²) in [7, 11) is 0. The number of fused-ring (bicyclic) bond motifs is 3. The third-order valence-corrected chi connectivity index (χ3v) is 4.38. The standard InChI is InChI=1S/C18H19FN4O/c1-12-2-3-17-16(6-12)22-18-11-24-10-14(23(17)18)8-21-7-13-4-5-20-9-15(13)19/h2-6,9,14,21H,7-8,10-11H2,1H3. The maximum atomic E-state index is 13.6. The summed E-state index contributed by atoms with van der Waals surface area (Å²) in [6.45, 7) is 4.37. The highest BCUT2D eigenvalue weighted by Crippen LogP contribution is 2.26. The summed E-state index contributed by atoms with van der Waals surface area (Å²) in [5.74, 6) is 0.665. The van der Waals surface area contributed by atoms with Crippen molar-refractivity contribution in [2.45, 2.75) is 26.1 Å². The maximum absolute atomic E-state index is 13.6. The van der Waals surface area contributed by atoms with Gasteiger partial charge in [-0.25, -0.2) is 9.37 Å². The van der Waals surface area contributed by atoms with Gasteiger partial charge in [-0.05, 0) is 30.7 Å². The van der Waals surface area contributed by atoms with Crippen LogP contribution in [0.4, 0.5) is 4.39 Å². The Morgan fingerprint density at radius 3 is 3.17 bits per heavy atom. The highest BCUT2D eigenvalue weighted by Gasteiger charge is 2.23. The predicted octanol–water partition coefficient (Wildman–Crippen LogP) is 2.74. The van der Waals surface area contributed by atoms with Crippen molar-refractivity contribution in [2.75, 3.05) is 13.2 Å². The van der Waals surface area contributed by atoms with Gasteiger partial charge in [0.2, 0.25) is 0 Å². The first-order chi connectivity index (χ1) is 11.7. The number of benzene rings is 1. The van der Waals surface area contributed by atoms with Crippen molar-refractivity contribution < 1.29 is 9.13 Å². The normalized spacial score (nSPS) is 17.2. The van der Waals surface area contributed by atoms with Gasteiger partial charge in [0.25, 0.3) is 0 Å². The molecule has 0 bridgehead atoms. The number of nitrogens with zero attached hydrogens (tertiary/aromatic N) is 3. The monoisotopic (exact) mass is 326 g/mol. The summed E-state index contributed by atoms with van der Waals surface area (Å²) in [6.07, 6.45) is 2.85. The average Bonchev–Trinajstić information content (AvgIpc) is 2.94. The molecule has 0 amide bonds. The molecule has 1 unspecified atom stereocenters. The van der Waals surface area contributed by atoms with E-state index in [0.29, 0.717) is 31.9 Å². The Hall–Kier alpha value is -2.31. The number of imidazole rings is 1. The Morgan fingerprint density at radius 2 is 2.29 bits per heavy atom. The fraction of sp³-hybridized carbons (Fsp3) is 0.333. The molecule has 1 aromatic carbocycles. The lowest BCUT2D eigenvalue weighted by Gasteiger charge is -2.26. The van der Waals surface area contributed by atoms with Gasteiger partial charge in [-0.15, -0.1) is 0 Å². The van der Waals surface area contributed by atoms with Gasteiger partial charge in [0.1, 0.15) is 18.2 Å². The van der Waals surface area contributed by atoms with Crippen LogP contribution in [0, 0.1) is 12.7 Å². The zero-order chi connectivity index (χ0) is 16.5. The third-order valence-electron chi connectivity index (χ3n) is 4.38. The summed E-state index contributed by atoms with van der Waals surface area (Å²) >= 11 is 0. The topological polar surface area (TPSA) is 52.0 Å². The van der Waals surface area contributed by atoms with Gasteiger partial charge < -0.3 is 14.6 Å². The molecule has 4 rings (SSSR count). The number of ether oxygens (including phenoxy) is 1. The van der Waals surface area contributed by atoms with E-state index in [1.54, 1.807) is 12.3 Å². The summed E-state index contributed by atoms with van der Waals surface area (Å²) in [5, 5.41) is 3.32. The first kappa shape index (κ1) is 15.2. The molecule has 24 heavy (non-hydrogen) atoms. The quantitative estimate of drug-likeness (QED) is 0.801. The number of nitrogens with one attached hydrogen (secondary N) is 1. The van der Waals surface area contributed by atoms with E-state index in [4.69, 9.17) is 4.74 Å². The molecule has 1 atom stereocenters. The Morgan fingerprint density at radius 1 is 1.38 bits per heavy atom. The molecule has 6 heteroatoms. The first-order valence-electron chi connectivity index (χ1n) is 8.06. The average molecular weight is 326 g/mol. The lowest BCUT2D eigenvalue weighted by atomic mass is 10.2. The van der Waals surface area contributed by atoms with Gasteiger partial charge in [-0.2, -0.15) is 0 Å². The molecule has 0 aliphatic carbocycles. The van der Waals surface area contributed by atoms with Crippen LogP contribution in [0.25, 0.3) is 11.0 Å². The van der Waals surface area contributed by atoms with Crippen molar-refractivity contribution in [1.82, 2.24) is 19.9 Å². The van der Waals surface area contributed by atoms with Crippen molar-refractivity contribution in [3.8, 4) is 0 Å². The van der Waals surface area contributed by atoms with Crippen LogP contribution < -0.4 is 5.32 Å². The van der Waals surface area contributed by atoms with Crippen LogP contribution in [0.5, 0.6) is 0 Å². The van der Waals surface area contributed by atoms with Crippen molar-refractivity contribution in [3.63, 3.8) is 0 Å². The molecule has 2 aromatic heterocycles. The van der Waals surface area contributed by atoms with E-state index in [-0.39, 0.29) is 11.9 Å². The predicted molar refractivity (Wildman–Crippen MR) is 89.1 cm³/mol. The molecule has 3 heterocycles. The van der Waals surface area contributed by atoms with Gasteiger partial charge in [0, 0.05) is 24.8 Å². The Balaban J connectivity index is 1.54. The molecule has 124 valence electrons. The van der Waals surface area contributed by atoms with Crippen LogP contribution in [0.1, 0.15) is 23.0 Å². The van der Waals surface area contributed by atoms with Crippen LogP contribution in [0.3, 0.4) is 0 Å². The van der Waals surface area contributed by atoms with E-state index in [0.717, 1.165) is 16.9 Å². The number of aromatic nitrogens is 3. The van der Waals surface area contributed by atoms with E-state index in [1.807, 2.05) is 0 Å². The number of aryl methyl sites for hydroxylation is 1. The Kier molecular flexibility index (Phi) is 4.00. The van der Waals surface area contributed by atoms with E-state index in [2.05, 4.69) is 45.0 Å². The van der Waals surface area contributed by atoms with Gasteiger partial charge in [-0.3, -0.25) is 4.98 Å². The minimum atomic E-state index is -0.283. The van der Waals surface area contributed by atoms with Crippen LogP contribution in [0.2, 0.25) is 0 Å². The van der Waals surface area contributed by atoms with Crippen LogP contribution in [0.15, 0.2) is 36.7 Å². The zero-order valence-corrected chi connectivity index (χ0v) is 13.5. The summed E-state index contributed by atoms with van der Waals surface area (Å²) in [4.78, 5) is 8.46. The SMILES string of the molecule is Cc1ccc2c(c1)nc1n2C(CNCc2ccncc2F)COC1. The molecule has 1 N–H and O–H groups in total. The number of hydrogen-bond acceptors (Lipinski definition) is 4. The van der Waals surface area contributed by atoms with E-state index >= 15 is 0 Å². The molecule has 1 aliphatic heterocycles. The second kappa shape index (κ2) is 6.30. The van der Waals surface area contributed by atoms with E-state index < -0.39 is 0 Å².